The van der Waals surface area contributed by atoms with E-state index in [4.69, 9.17) is 14.7 Å². The molecule has 0 heterocycles. The quantitative estimate of drug-likeness (QED) is 0.653. The van der Waals surface area contributed by atoms with Gasteiger partial charge in [0.15, 0.2) is 0 Å². The fraction of sp³-hybridized carbons (Fsp3) is 0.286. The highest BCUT2D eigenvalue weighted by Gasteiger charge is 2.24. The Morgan fingerprint density at radius 2 is 1.89 bits per heavy atom. The number of rotatable bonds is 9. The van der Waals surface area contributed by atoms with Gasteiger partial charge in [-0.2, -0.15) is 17.0 Å². The summed E-state index contributed by atoms with van der Waals surface area (Å²) in [5.41, 5.74) is 1.67. The normalized spacial score (nSPS) is 11.2. The van der Waals surface area contributed by atoms with E-state index in [1.54, 1.807) is 60.3 Å². The lowest BCUT2D eigenvalue weighted by molar-refractivity contribution is -0.147. The molecule has 28 heavy (non-hydrogen) atoms. The number of nitriles is 1. The molecule has 0 radical (unpaired) electrons. The van der Waals surface area contributed by atoms with Crippen LogP contribution >= 0.6 is 11.8 Å². The van der Waals surface area contributed by atoms with Crippen LogP contribution in [0, 0.1) is 11.3 Å². The number of thioether (sulfide) groups is 1. The SMILES string of the molecule is COc1ccccc1C(=O)N[C@H](CCSC)C(=O)OCc1ccc(C#N)cc1. The highest BCUT2D eigenvalue weighted by molar-refractivity contribution is 7.98. The van der Waals surface area contributed by atoms with Crippen LogP contribution < -0.4 is 10.1 Å². The van der Waals surface area contributed by atoms with Crippen LogP contribution in [0.1, 0.15) is 27.9 Å². The maximum atomic E-state index is 12.6. The van der Waals surface area contributed by atoms with Crippen LogP contribution in [0.4, 0.5) is 0 Å². The number of ether oxygens (including phenoxy) is 2. The number of para-hydroxylation sites is 1. The maximum absolute atomic E-state index is 12.6. The minimum Gasteiger partial charge on any atom is -0.496 e. The molecule has 0 unspecified atom stereocenters. The number of esters is 1. The van der Waals surface area contributed by atoms with Crippen molar-refractivity contribution in [1.82, 2.24) is 5.32 Å². The third kappa shape index (κ3) is 6.03. The summed E-state index contributed by atoms with van der Waals surface area (Å²) in [5.74, 6) is 0.248. The number of carbonyl (C=O) groups excluding carboxylic acids is 2. The Labute approximate surface area is 168 Å². The van der Waals surface area contributed by atoms with E-state index < -0.39 is 12.0 Å². The zero-order valence-electron chi connectivity index (χ0n) is 15.8. The van der Waals surface area contributed by atoms with Crippen LogP contribution in [-0.2, 0) is 16.1 Å². The van der Waals surface area contributed by atoms with Gasteiger partial charge < -0.3 is 14.8 Å². The summed E-state index contributed by atoms with van der Waals surface area (Å²) in [7, 11) is 1.49. The van der Waals surface area contributed by atoms with Crippen molar-refractivity contribution >= 4 is 23.6 Å². The highest BCUT2D eigenvalue weighted by Crippen LogP contribution is 2.17. The van der Waals surface area contributed by atoms with E-state index >= 15 is 0 Å². The molecule has 1 N–H and O–H groups in total. The van der Waals surface area contributed by atoms with Crippen molar-refractivity contribution in [1.29, 1.82) is 5.26 Å². The van der Waals surface area contributed by atoms with Gasteiger partial charge in [0, 0.05) is 0 Å². The average Bonchev–Trinajstić information content (AvgIpc) is 2.75. The lowest BCUT2D eigenvalue weighted by Gasteiger charge is -2.18. The van der Waals surface area contributed by atoms with Crippen LogP contribution in [0.15, 0.2) is 48.5 Å². The Bertz CT molecular complexity index is 846. The fourth-order valence-electron chi connectivity index (χ4n) is 2.48. The highest BCUT2D eigenvalue weighted by atomic mass is 32.2. The largest absolute Gasteiger partial charge is 0.496 e. The van der Waals surface area contributed by atoms with E-state index in [1.807, 2.05) is 12.3 Å². The lowest BCUT2D eigenvalue weighted by Crippen LogP contribution is -2.42. The second kappa shape index (κ2) is 11.0. The van der Waals surface area contributed by atoms with Gasteiger partial charge in [-0.25, -0.2) is 4.79 Å². The summed E-state index contributed by atoms with van der Waals surface area (Å²) in [6.45, 7) is 0.0742. The molecule has 1 atom stereocenters. The van der Waals surface area contributed by atoms with E-state index in [2.05, 4.69) is 5.32 Å². The molecule has 0 spiro atoms. The van der Waals surface area contributed by atoms with Gasteiger partial charge in [0.2, 0.25) is 0 Å². The average molecular weight is 398 g/mol. The maximum Gasteiger partial charge on any atom is 0.329 e. The summed E-state index contributed by atoms with van der Waals surface area (Å²) in [6, 6.07) is 14.9. The van der Waals surface area contributed by atoms with Crippen LogP contribution in [0.3, 0.4) is 0 Å². The van der Waals surface area contributed by atoms with Crippen molar-refractivity contribution in [3.05, 3.63) is 65.2 Å². The fourth-order valence-corrected chi connectivity index (χ4v) is 2.95. The smallest absolute Gasteiger partial charge is 0.329 e. The van der Waals surface area contributed by atoms with Crippen molar-refractivity contribution in [3.8, 4) is 11.8 Å². The van der Waals surface area contributed by atoms with E-state index in [0.29, 0.717) is 29.1 Å². The van der Waals surface area contributed by atoms with Gasteiger partial charge in [0.25, 0.3) is 5.91 Å². The standard InChI is InChI=1S/C21H22N2O4S/c1-26-19-6-4-3-5-17(19)20(24)23-18(11-12-28-2)21(25)27-14-16-9-7-15(13-22)8-10-16/h3-10,18H,11-12,14H2,1-2H3,(H,23,24)/t18-/m1/s1. The minimum absolute atomic E-state index is 0.0742. The lowest BCUT2D eigenvalue weighted by atomic mass is 10.1. The molecule has 146 valence electrons. The van der Waals surface area contributed by atoms with E-state index in [0.717, 1.165) is 5.56 Å². The number of nitrogens with one attached hydrogen (secondary N) is 1. The number of nitrogens with zero attached hydrogens (tertiary/aromatic N) is 1. The molecule has 0 saturated heterocycles. The first-order valence-electron chi connectivity index (χ1n) is 8.67. The molecule has 0 saturated carbocycles. The second-order valence-electron chi connectivity index (χ2n) is 5.92. The van der Waals surface area contributed by atoms with E-state index in [9.17, 15) is 9.59 Å². The molecule has 0 aliphatic heterocycles. The first-order chi connectivity index (χ1) is 13.6. The monoisotopic (exact) mass is 398 g/mol. The molecular formula is C21H22N2O4S. The third-order valence-corrected chi connectivity index (χ3v) is 4.66. The molecule has 2 aromatic carbocycles. The molecule has 0 aliphatic rings. The van der Waals surface area contributed by atoms with Gasteiger partial charge in [-0.1, -0.05) is 24.3 Å². The predicted molar refractivity (Wildman–Crippen MR) is 108 cm³/mol. The Morgan fingerprint density at radius 3 is 2.54 bits per heavy atom. The zero-order chi connectivity index (χ0) is 20.4. The van der Waals surface area contributed by atoms with E-state index in [1.165, 1.54) is 7.11 Å². The van der Waals surface area contributed by atoms with Crippen molar-refractivity contribution in [2.45, 2.75) is 19.1 Å². The number of amides is 1. The number of hydrogen-bond donors (Lipinski definition) is 1. The van der Waals surface area contributed by atoms with Crippen molar-refractivity contribution in [3.63, 3.8) is 0 Å². The summed E-state index contributed by atoms with van der Waals surface area (Å²) < 4.78 is 10.6. The molecule has 2 aromatic rings. The summed E-state index contributed by atoms with van der Waals surface area (Å²) in [5, 5.41) is 11.6. The third-order valence-electron chi connectivity index (χ3n) is 4.02. The first-order valence-corrected chi connectivity index (χ1v) is 10.1. The molecule has 2 rings (SSSR count). The first kappa shape index (κ1) is 21.3. The molecule has 0 bridgehead atoms. The van der Waals surface area contributed by atoms with Gasteiger partial charge in [0.05, 0.1) is 24.3 Å². The van der Waals surface area contributed by atoms with Crippen molar-refractivity contribution < 1.29 is 19.1 Å². The molecule has 0 aromatic heterocycles. The molecule has 0 aliphatic carbocycles. The minimum atomic E-state index is -0.761. The van der Waals surface area contributed by atoms with Gasteiger partial charge in [-0.05, 0) is 48.3 Å². The number of hydrogen-bond acceptors (Lipinski definition) is 6. The Balaban J connectivity index is 2.03. The zero-order valence-corrected chi connectivity index (χ0v) is 16.6. The summed E-state index contributed by atoms with van der Waals surface area (Å²) in [6.07, 6.45) is 2.38. The molecule has 6 nitrogen and oxygen atoms in total. The van der Waals surface area contributed by atoms with Crippen LogP contribution in [0.25, 0.3) is 0 Å². The summed E-state index contributed by atoms with van der Waals surface area (Å²) >= 11 is 1.58. The van der Waals surface area contributed by atoms with E-state index in [-0.39, 0.29) is 12.5 Å². The Hall–Kier alpha value is -2.98. The summed E-state index contributed by atoms with van der Waals surface area (Å²) in [4.78, 5) is 25.1. The molecule has 0 fully saturated rings. The van der Waals surface area contributed by atoms with Gasteiger partial charge in [-0.15, -0.1) is 0 Å². The molecule has 1 amide bonds. The van der Waals surface area contributed by atoms with Crippen molar-refractivity contribution in [2.75, 3.05) is 19.1 Å². The Morgan fingerprint density at radius 1 is 1.18 bits per heavy atom. The van der Waals surface area contributed by atoms with Crippen LogP contribution in [0.2, 0.25) is 0 Å². The molecule has 7 heteroatoms. The van der Waals surface area contributed by atoms with Gasteiger partial charge >= 0.3 is 5.97 Å². The molecular weight excluding hydrogens is 376 g/mol. The topological polar surface area (TPSA) is 88.4 Å². The van der Waals surface area contributed by atoms with Gasteiger partial charge in [0.1, 0.15) is 18.4 Å². The van der Waals surface area contributed by atoms with Gasteiger partial charge in [-0.3, -0.25) is 4.79 Å². The number of methoxy groups -OCH3 is 1. The second-order valence-corrected chi connectivity index (χ2v) is 6.91. The predicted octanol–water partition coefficient (Wildman–Crippen LogP) is 3.16. The number of benzene rings is 2. The van der Waals surface area contributed by atoms with Crippen molar-refractivity contribution in [2.24, 2.45) is 0 Å². The van der Waals surface area contributed by atoms with Crippen LogP contribution in [0.5, 0.6) is 5.75 Å². The Kier molecular flexibility index (Phi) is 8.37. The number of carbonyl (C=O) groups is 2. The van der Waals surface area contributed by atoms with Crippen LogP contribution in [-0.4, -0.2) is 37.0 Å².